The molecule has 5 heteroatoms. The molecule has 2 aromatic rings. The van der Waals surface area contributed by atoms with Gasteiger partial charge in [0, 0.05) is 11.9 Å². The van der Waals surface area contributed by atoms with Gasteiger partial charge in [-0.05, 0) is 31.5 Å². The molecule has 1 unspecified atom stereocenters. The predicted octanol–water partition coefficient (Wildman–Crippen LogP) is 1.64. The molecule has 1 atom stereocenters. The topological polar surface area (TPSA) is 79.7 Å². The number of para-hydroxylation sites is 1. The Balaban J connectivity index is 1.70. The maximum atomic E-state index is 11.1. The average molecular weight is 288 g/mol. The molecule has 1 saturated heterocycles. The molecule has 5 nitrogen and oxygen atoms in total. The molecule has 1 aliphatic heterocycles. The number of fused-ring (bicyclic) bond motifs is 1. The fourth-order valence-corrected chi connectivity index (χ4v) is 3.14. The number of carbonyl (C=O) groups is 1. The average Bonchev–Trinajstić information content (AvgIpc) is 2.79. The first kappa shape index (κ1) is 14.1. The lowest BCUT2D eigenvalue weighted by Gasteiger charge is -2.38. The number of hydrogen-bond donors (Lipinski definition) is 2. The third-order valence-corrected chi connectivity index (χ3v) is 3.99. The number of β-amino-alcohol motifs (C(OH)–C–C–N with tert-alkyl or cyclic N) is 1. The van der Waals surface area contributed by atoms with Gasteiger partial charge in [0.25, 0.3) is 0 Å². The van der Waals surface area contributed by atoms with E-state index in [1.54, 1.807) is 0 Å². The molecule has 1 aromatic carbocycles. The standard InChI is InChI=1S/C16H20N2O3/c17-15(19)9-16(20)6-3-7-18(11-16)10-13-8-12-4-1-2-5-14(12)21-13/h1-2,4-5,8,20H,3,6-7,9-11H2,(H2,17,19). The van der Waals surface area contributed by atoms with Crippen LogP contribution in [0.5, 0.6) is 0 Å². The van der Waals surface area contributed by atoms with E-state index in [9.17, 15) is 9.90 Å². The largest absolute Gasteiger partial charge is 0.460 e. The molecule has 1 aromatic heterocycles. The van der Waals surface area contributed by atoms with Gasteiger partial charge in [-0.15, -0.1) is 0 Å². The van der Waals surface area contributed by atoms with Gasteiger partial charge >= 0.3 is 0 Å². The maximum Gasteiger partial charge on any atom is 0.220 e. The third kappa shape index (κ3) is 3.25. The zero-order chi connectivity index (χ0) is 14.9. The number of likely N-dealkylation sites (tertiary alicyclic amines) is 1. The molecular weight excluding hydrogens is 268 g/mol. The van der Waals surface area contributed by atoms with E-state index < -0.39 is 11.5 Å². The number of piperidine rings is 1. The normalized spacial score (nSPS) is 23.5. The number of nitrogens with two attached hydrogens (primary N) is 1. The highest BCUT2D eigenvalue weighted by Gasteiger charge is 2.34. The summed E-state index contributed by atoms with van der Waals surface area (Å²) in [5.41, 5.74) is 5.09. The van der Waals surface area contributed by atoms with Crippen molar-refractivity contribution in [3.63, 3.8) is 0 Å². The van der Waals surface area contributed by atoms with Crippen LogP contribution in [0.2, 0.25) is 0 Å². The molecule has 0 bridgehead atoms. The molecule has 3 N–H and O–H groups in total. The van der Waals surface area contributed by atoms with Gasteiger partial charge in [0.2, 0.25) is 5.91 Å². The second-order valence-electron chi connectivity index (χ2n) is 5.93. The molecule has 1 aliphatic rings. The van der Waals surface area contributed by atoms with Crippen LogP contribution in [-0.2, 0) is 11.3 Å². The Morgan fingerprint density at radius 1 is 1.43 bits per heavy atom. The van der Waals surface area contributed by atoms with Crippen molar-refractivity contribution in [3.05, 3.63) is 36.1 Å². The van der Waals surface area contributed by atoms with E-state index in [1.807, 2.05) is 30.3 Å². The lowest BCUT2D eigenvalue weighted by molar-refractivity contribution is -0.125. The van der Waals surface area contributed by atoms with Crippen molar-refractivity contribution in [1.82, 2.24) is 4.90 Å². The molecule has 0 aliphatic carbocycles. The van der Waals surface area contributed by atoms with Gasteiger partial charge in [-0.25, -0.2) is 0 Å². The van der Waals surface area contributed by atoms with Gasteiger partial charge in [-0.3, -0.25) is 9.69 Å². The van der Waals surface area contributed by atoms with Crippen LogP contribution >= 0.6 is 0 Å². The van der Waals surface area contributed by atoms with Crippen LogP contribution in [0.25, 0.3) is 11.0 Å². The van der Waals surface area contributed by atoms with Gasteiger partial charge in [0.15, 0.2) is 0 Å². The molecule has 2 heterocycles. The van der Waals surface area contributed by atoms with E-state index in [2.05, 4.69) is 4.90 Å². The quantitative estimate of drug-likeness (QED) is 0.896. The molecule has 0 radical (unpaired) electrons. The Hall–Kier alpha value is -1.85. The highest BCUT2D eigenvalue weighted by atomic mass is 16.3. The third-order valence-electron chi connectivity index (χ3n) is 3.99. The second kappa shape index (κ2) is 5.50. The maximum absolute atomic E-state index is 11.1. The Bertz CT molecular complexity index is 619. The van der Waals surface area contributed by atoms with Crippen LogP contribution in [0.4, 0.5) is 0 Å². The Morgan fingerprint density at radius 2 is 2.24 bits per heavy atom. The molecule has 0 saturated carbocycles. The van der Waals surface area contributed by atoms with Crippen molar-refractivity contribution in [2.75, 3.05) is 13.1 Å². The fraction of sp³-hybridized carbons (Fsp3) is 0.438. The molecule has 0 spiro atoms. The van der Waals surface area contributed by atoms with Crippen molar-refractivity contribution in [3.8, 4) is 0 Å². The molecule has 21 heavy (non-hydrogen) atoms. The minimum absolute atomic E-state index is 0.0175. The van der Waals surface area contributed by atoms with Gasteiger partial charge in [0.05, 0.1) is 18.6 Å². The minimum Gasteiger partial charge on any atom is -0.460 e. The van der Waals surface area contributed by atoms with E-state index in [0.29, 0.717) is 19.5 Å². The molecular formula is C16H20N2O3. The zero-order valence-corrected chi connectivity index (χ0v) is 11.9. The molecule has 1 amide bonds. The number of furan rings is 1. The van der Waals surface area contributed by atoms with Crippen molar-refractivity contribution in [2.24, 2.45) is 5.73 Å². The number of carbonyl (C=O) groups excluding carboxylic acids is 1. The monoisotopic (exact) mass is 288 g/mol. The summed E-state index contributed by atoms with van der Waals surface area (Å²) < 4.78 is 5.81. The van der Waals surface area contributed by atoms with Crippen LogP contribution in [0.3, 0.4) is 0 Å². The number of primary amides is 1. The van der Waals surface area contributed by atoms with Gasteiger partial charge < -0.3 is 15.3 Å². The zero-order valence-electron chi connectivity index (χ0n) is 11.9. The van der Waals surface area contributed by atoms with Gasteiger partial charge in [-0.1, -0.05) is 18.2 Å². The Labute approximate surface area is 123 Å². The van der Waals surface area contributed by atoms with Crippen LogP contribution in [0.15, 0.2) is 34.7 Å². The highest BCUT2D eigenvalue weighted by Crippen LogP contribution is 2.27. The number of amides is 1. The SMILES string of the molecule is NC(=O)CC1(O)CCCN(Cc2cc3ccccc3o2)C1. The Morgan fingerprint density at radius 3 is 3.00 bits per heavy atom. The summed E-state index contributed by atoms with van der Waals surface area (Å²) in [4.78, 5) is 13.2. The second-order valence-corrected chi connectivity index (χ2v) is 5.93. The number of benzene rings is 1. The van der Waals surface area contributed by atoms with Gasteiger partial charge in [-0.2, -0.15) is 0 Å². The summed E-state index contributed by atoms with van der Waals surface area (Å²) in [5, 5.41) is 11.5. The summed E-state index contributed by atoms with van der Waals surface area (Å²) >= 11 is 0. The smallest absolute Gasteiger partial charge is 0.220 e. The van der Waals surface area contributed by atoms with Crippen LogP contribution < -0.4 is 5.73 Å². The summed E-state index contributed by atoms with van der Waals surface area (Å²) in [7, 11) is 0. The van der Waals surface area contributed by atoms with Crippen molar-refractivity contribution in [1.29, 1.82) is 0 Å². The number of rotatable bonds is 4. The van der Waals surface area contributed by atoms with Crippen molar-refractivity contribution < 1.29 is 14.3 Å². The van der Waals surface area contributed by atoms with Crippen molar-refractivity contribution >= 4 is 16.9 Å². The van der Waals surface area contributed by atoms with Crippen LogP contribution in [0, 0.1) is 0 Å². The van der Waals surface area contributed by atoms with Crippen LogP contribution in [0.1, 0.15) is 25.0 Å². The van der Waals surface area contributed by atoms with Crippen molar-refractivity contribution in [2.45, 2.75) is 31.4 Å². The highest BCUT2D eigenvalue weighted by molar-refractivity contribution is 5.77. The Kier molecular flexibility index (Phi) is 3.69. The van der Waals surface area contributed by atoms with E-state index in [1.165, 1.54) is 0 Å². The summed E-state index contributed by atoms with van der Waals surface area (Å²) in [5.74, 6) is 0.419. The van der Waals surface area contributed by atoms with E-state index in [-0.39, 0.29) is 6.42 Å². The number of aliphatic hydroxyl groups is 1. The predicted molar refractivity (Wildman–Crippen MR) is 79.5 cm³/mol. The molecule has 3 rings (SSSR count). The number of nitrogens with zero attached hydrogens (tertiary/aromatic N) is 1. The summed E-state index contributed by atoms with van der Waals surface area (Å²) in [6, 6.07) is 9.91. The van der Waals surface area contributed by atoms with E-state index in [4.69, 9.17) is 10.2 Å². The minimum atomic E-state index is -1.00. The lowest BCUT2D eigenvalue weighted by Crippen LogP contribution is -2.49. The lowest BCUT2D eigenvalue weighted by atomic mass is 9.89. The van der Waals surface area contributed by atoms with E-state index in [0.717, 1.165) is 29.7 Å². The van der Waals surface area contributed by atoms with Crippen LogP contribution in [-0.4, -0.2) is 34.6 Å². The number of hydrogen-bond acceptors (Lipinski definition) is 4. The first-order valence-corrected chi connectivity index (χ1v) is 7.25. The molecule has 1 fully saturated rings. The summed E-state index contributed by atoms with van der Waals surface area (Å²) in [6.45, 7) is 1.97. The van der Waals surface area contributed by atoms with E-state index >= 15 is 0 Å². The first-order valence-electron chi connectivity index (χ1n) is 7.25. The molecule has 112 valence electrons. The summed E-state index contributed by atoms with van der Waals surface area (Å²) in [6.07, 6.45) is 1.49. The first-order chi connectivity index (χ1) is 10.0. The van der Waals surface area contributed by atoms with Gasteiger partial charge in [0.1, 0.15) is 11.3 Å². The fourth-order valence-electron chi connectivity index (χ4n) is 3.14.